The van der Waals surface area contributed by atoms with Crippen molar-refractivity contribution in [1.82, 2.24) is 0 Å². The summed E-state index contributed by atoms with van der Waals surface area (Å²) in [5, 5.41) is 12.7. The summed E-state index contributed by atoms with van der Waals surface area (Å²) >= 11 is 0. The van der Waals surface area contributed by atoms with E-state index in [0.717, 1.165) is 30.7 Å². The van der Waals surface area contributed by atoms with Gasteiger partial charge in [0, 0.05) is 39.7 Å². The molecule has 1 N–H and O–H groups in total. The van der Waals surface area contributed by atoms with Crippen molar-refractivity contribution in [1.29, 1.82) is 0 Å². The van der Waals surface area contributed by atoms with E-state index in [0.29, 0.717) is 28.1 Å². The molecule has 3 aliphatic heterocycles. The van der Waals surface area contributed by atoms with E-state index >= 15 is 0 Å². The average Bonchev–Trinajstić information content (AvgIpc) is 3.44. The number of rotatable bonds is 10. The molecule has 73 heavy (non-hydrogen) atoms. The molecule has 9 rings (SSSR count). The number of ether oxygens (including phenoxy) is 10. The molecular formula is C58H86O15. The summed E-state index contributed by atoms with van der Waals surface area (Å²) in [5.41, 5.74) is 2.20. The van der Waals surface area contributed by atoms with Crippen molar-refractivity contribution in [3.63, 3.8) is 0 Å². The minimum absolute atomic E-state index is 0.0490. The van der Waals surface area contributed by atoms with Crippen LogP contribution in [0.3, 0.4) is 0 Å². The maximum absolute atomic E-state index is 12.9. The smallest absolute Gasteiger partial charge is 0.303 e. The van der Waals surface area contributed by atoms with E-state index in [2.05, 4.69) is 55.4 Å². The van der Waals surface area contributed by atoms with E-state index in [-0.39, 0.29) is 41.3 Å². The predicted octanol–water partition coefficient (Wildman–Crippen LogP) is 9.33. The number of esters is 4. The van der Waals surface area contributed by atoms with E-state index in [1.807, 2.05) is 30.3 Å². The molecule has 1 aromatic rings. The van der Waals surface area contributed by atoms with Gasteiger partial charge in [-0.25, -0.2) is 0 Å². The van der Waals surface area contributed by atoms with Crippen LogP contribution in [0.15, 0.2) is 30.3 Å². The number of hydrogen-bond acceptors (Lipinski definition) is 15. The van der Waals surface area contributed by atoms with Gasteiger partial charge in [-0.15, -0.1) is 0 Å². The van der Waals surface area contributed by atoms with Crippen molar-refractivity contribution in [2.24, 2.45) is 56.2 Å². The van der Waals surface area contributed by atoms with Crippen molar-refractivity contribution >= 4 is 23.9 Å². The van der Waals surface area contributed by atoms with Gasteiger partial charge in [0.25, 0.3) is 0 Å². The molecular weight excluding hydrogens is 937 g/mol. The van der Waals surface area contributed by atoms with Gasteiger partial charge in [0.1, 0.15) is 43.2 Å². The molecule has 8 fully saturated rings. The van der Waals surface area contributed by atoms with Crippen LogP contribution < -0.4 is 0 Å². The van der Waals surface area contributed by atoms with Gasteiger partial charge in [0.15, 0.2) is 31.1 Å². The first kappa shape index (κ1) is 54.6. The fourth-order valence-electron chi connectivity index (χ4n) is 16.9. The lowest BCUT2D eigenvalue weighted by Crippen LogP contribution is -2.68. The minimum Gasteiger partial charge on any atom is -0.463 e. The predicted molar refractivity (Wildman–Crippen MR) is 266 cm³/mol. The first-order valence-corrected chi connectivity index (χ1v) is 27.6. The summed E-state index contributed by atoms with van der Waals surface area (Å²) in [4.78, 5) is 50.2. The zero-order valence-corrected chi connectivity index (χ0v) is 45.7. The van der Waals surface area contributed by atoms with Gasteiger partial charge in [0.05, 0.1) is 12.7 Å². The second-order valence-corrected chi connectivity index (χ2v) is 25.9. The van der Waals surface area contributed by atoms with Gasteiger partial charge in [-0.2, -0.15) is 0 Å². The Morgan fingerprint density at radius 2 is 1.29 bits per heavy atom. The maximum Gasteiger partial charge on any atom is 0.303 e. The summed E-state index contributed by atoms with van der Waals surface area (Å²) in [5.74, 6) is -0.812. The summed E-state index contributed by atoms with van der Waals surface area (Å²) in [6, 6.07) is 9.42. The van der Waals surface area contributed by atoms with Gasteiger partial charge in [-0.3, -0.25) is 19.2 Å². The Kier molecular flexibility index (Phi) is 15.2. The Bertz CT molecular complexity index is 2190. The number of carbonyl (C=O) groups excluding carboxylic acids is 4. The van der Waals surface area contributed by atoms with Crippen LogP contribution in [-0.4, -0.2) is 110 Å². The Hall–Kier alpha value is -3.18. The van der Waals surface area contributed by atoms with Crippen molar-refractivity contribution in [3.05, 3.63) is 35.9 Å². The highest BCUT2D eigenvalue weighted by molar-refractivity contribution is 5.68. The molecule has 0 radical (unpaired) electrons. The second kappa shape index (κ2) is 20.3. The van der Waals surface area contributed by atoms with Crippen molar-refractivity contribution in [2.75, 3.05) is 13.2 Å². The third-order valence-electron chi connectivity index (χ3n) is 21.1. The quantitative estimate of drug-likeness (QED) is 0.133. The minimum atomic E-state index is -1.52. The average molecular weight is 1020 g/mol. The number of carbonyl (C=O) groups is 4. The molecule has 408 valence electrons. The summed E-state index contributed by atoms with van der Waals surface area (Å²) in [6.45, 7) is 25.0. The van der Waals surface area contributed by atoms with Crippen molar-refractivity contribution in [2.45, 2.75) is 234 Å². The van der Waals surface area contributed by atoms with Gasteiger partial charge in [-0.05, 0) is 127 Å². The molecule has 3 saturated heterocycles. The van der Waals surface area contributed by atoms with E-state index in [1.165, 1.54) is 79.1 Å². The molecule has 3 heterocycles. The third-order valence-corrected chi connectivity index (χ3v) is 21.1. The van der Waals surface area contributed by atoms with E-state index in [4.69, 9.17) is 47.4 Å². The first-order chi connectivity index (χ1) is 34.3. The molecule has 21 atom stereocenters. The standard InChI is InChI=1S/C58H86O15/c1-32-38(18-19-43-55(32,9)21-20-44-56(43,10)25-27-58(12)45-29-53(6,7)22-23-54(45,8)24-26-57(44,58)11)69-52-49(46(63)48-42(71-52)31-65-50(72-48)37-16-14-13-15-17-37)73-51-40(67-35(4)61)28-39(66-34(3)60)47(68-36(5)62)41(70-51)30-64-33(2)59/h13-17,32,38-52,63H,18-31H2,1-12H3/t32-,38-,39?,40?,41?,42?,43?,44?,45?,46?,47+,48+,49?,50?,51-,52+,54+,55+,56-,57+,58-/m0/s1. The van der Waals surface area contributed by atoms with Crippen LogP contribution in [0.2, 0.25) is 0 Å². The lowest BCUT2D eigenvalue weighted by Gasteiger charge is -2.75. The van der Waals surface area contributed by atoms with Crippen LogP contribution in [0.5, 0.6) is 0 Å². The van der Waals surface area contributed by atoms with Crippen molar-refractivity contribution < 1.29 is 71.7 Å². The topological polar surface area (TPSA) is 181 Å². The Morgan fingerprint density at radius 1 is 0.630 bits per heavy atom. The SMILES string of the molecule is CC(=O)OCC1O[C@@H](OC2C(O)[C@@H]3OC(c4ccccc4)OCC3O[C@H]2O[C@H]2CCC3[C@]4(C)CC[C@@]5(C)C6CC(C)(C)CC[C@]6(C)CC[C@]5(C)C4CC[C@]3(C)[C@H]2C)C(OC(C)=O)CC(OC(C)=O)[C@H]1OC(C)=O. The van der Waals surface area contributed by atoms with Gasteiger partial charge < -0.3 is 52.5 Å². The Morgan fingerprint density at radius 3 is 1.97 bits per heavy atom. The Labute approximate surface area is 433 Å². The highest BCUT2D eigenvalue weighted by Crippen LogP contribution is 2.78. The molecule has 15 nitrogen and oxygen atoms in total. The van der Waals surface area contributed by atoms with Crippen LogP contribution in [0.4, 0.5) is 0 Å². The monoisotopic (exact) mass is 1020 g/mol. The molecule has 15 heteroatoms. The van der Waals surface area contributed by atoms with Gasteiger partial charge >= 0.3 is 23.9 Å². The summed E-state index contributed by atoms with van der Waals surface area (Å²) in [6.07, 6.45) is -0.426. The van der Waals surface area contributed by atoms with Crippen LogP contribution in [0.25, 0.3) is 0 Å². The van der Waals surface area contributed by atoms with E-state index < -0.39 is 98.2 Å². The Balaban J connectivity index is 1.01. The normalized spacial score (nSPS) is 47.1. The van der Waals surface area contributed by atoms with Crippen LogP contribution in [0, 0.1) is 56.2 Å². The zero-order valence-electron chi connectivity index (χ0n) is 45.7. The largest absolute Gasteiger partial charge is 0.463 e. The molecule has 5 aliphatic carbocycles. The van der Waals surface area contributed by atoms with E-state index in [9.17, 15) is 24.3 Å². The summed E-state index contributed by atoms with van der Waals surface area (Å²) in [7, 11) is 0. The molecule has 1 aromatic carbocycles. The number of hydrogen-bond donors (Lipinski definition) is 1. The van der Waals surface area contributed by atoms with Crippen LogP contribution in [0.1, 0.15) is 172 Å². The lowest BCUT2D eigenvalue weighted by molar-refractivity contribution is -0.392. The maximum atomic E-state index is 12.9. The molecule has 0 spiro atoms. The second-order valence-electron chi connectivity index (χ2n) is 25.9. The highest BCUT2D eigenvalue weighted by atomic mass is 16.8. The molecule has 8 aliphatic rings. The first-order valence-electron chi connectivity index (χ1n) is 27.6. The lowest BCUT2D eigenvalue weighted by atomic mass is 9.30. The van der Waals surface area contributed by atoms with Gasteiger partial charge in [0.2, 0.25) is 0 Å². The molecule has 0 amide bonds. The fourth-order valence-corrected chi connectivity index (χ4v) is 16.9. The number of aliphatic hydroxyl groups excluding tert-OH is 1. The molecule has 5 saturated carbocycles. The molecule has 0 bridgehead atoms. The molecule has 0 aromatic heterocycles. The van der Waals surface area contributed by atoms with Crippen LogP contribution in [-0.2, 0) is 66.5 Å². The number of benzene rings is 1. The van der Waals surface area contributed by atoms with Crippen molar-refractivity contribution in [3.8, 4) is 0 Å². The fraction of sp³-hybridized carbons (Fsp3) is 0.828. The molecule has 10 unspecified atom stereocenters. The number of fused-ring (bicyclic) bond motifs is 8. The summed E-state index contributed by atoms with van der Waals surface area (Å²) < 4.78 is 62.9. The zero-order chi connectivity index (χ0) is 52.6. The van der Waals surface area contributed by atoms with Gasteiger partial charge in [-0.1, -0.05) is 85.7 Å². The third kappa shape index (κ3) is 10.1. The number of aliphatic hydroxyl groups is 1. The van der Waals surface area contributed by atoms with E-state index in [1.54, 1.807) is 0 Å². The highest BCUT2D eigenvalue weighted by Gasteiger charge is 2.71. The van der Waals surface area contributed by atoms with Crippen LogP contribution >= 0.6 is 0 Å².